The minimum atomic E-state index is -0.0560. The van der Waals surface area contributed by atoms with Crippen LogP contribution in [-0.2, 0) is 11.3 Å². The predicted octanol–water partition coefficient (Wildman–Crippen LogP) is 3.94. The molecule has 6 heteroatoms. The first-order valence-corrected chi connectivity index (χ1v) is 8.11. The normalized spacial score (nSPS) is 10.5. The molecule has 0 spiro atoms. The number of nitrogens with zero attached hydrogens (tertiary/aromatic N) is 2. The first-order chi connectivity index (χ1) is 11.6. The van der Waals surface area contributed by atoms with E-state index in [9.17, 15) is 4.79 Å². The Morgan fingerprint density at radius 1 is 1.21 bits per heavy atom. The number of nitrogens with one attached hydrogen (secondary N) is 2. The maximum Gasteiger partial charge on any atom is 0.226 e. The minimum Gasteiger partial charge on any atom is -0.326 e. The second kappa shape index (κ2) is 7.23. The van der Waals surface area contributed by atoms with E-state index in [1.54, 1.807) is 0 Å². The van der Waals surface area contributed by atoms with Crippen molar-refractivity contribution in [2.24, 2.45) is 0 Å². The van der Waals surface area contributed by atoms with Gasteiger partial charge in [-0.2, -0.15) is 5.10 Å². The van der Waals surface area contributed by atoms with E-state index in [0.717, 1.165) is 22.6 Å². The lowest BCUT2D eigenvalue weighted by Gasteiger charge is -2.08. The van der Waals surface area contributed by atoms with Crippen LogP contribution in [0.25, 0.3) is 11.4 Å². The lowest BCUT2D eigenvalue weighted by Crippen LogP contribution is -2.15. The van der Waals surface area contributed by atoms with Gasteiger partial charge in [-0.1, -0.05) is 42.0 Å². The van der Waals surface area contributed by atoms with Gasteiger partial charge in [0.1, 0.15) is 0 Å². The summed E-state index contributed by atoms with van der Waals surface area (Å²) >= 11 is 5.30. The van der Waals surface area contributed by atoms with Gasteiger partial charge in [0.25, 0.3) is 0 Å². The second-order valence-electron chi connectivity index (χ2n) is 5.54. The summed E-state index contributed by atoms with van der Waals surface area (Å²) in [6, 6.07) is 17.4. The highest BCUT2D eigenvalue weighted by Gasteiger charge is 2.11. The van der Waals surface area contributed by atoms with Gasteiger partial charge in [0.15, 0.2) is 10.6 Å². The van der Waals surface area contributed by atoms with E-state index in [2.05, 4.69) is 15.5 Å². The number of hydrogen-bond donors (Lipinski definition) is 2. The van der Waals surface area contributed by atoms with E-state index >= 15 is 0 Å². The molecule has 0 aliphatic rings. The van der Waals surface area contributed by atoms with Gasteiger partial charge in [0.05, 0.1) is 0 Å². The zero-order chi connectivity index (χ0) is 16.9. The van der Waals surface area contributed by atoms with Gasteiger partial charge in [0, 0.05) is 24.2 Å². The number of aryl methyl sites for hydroxylation is 1. The van der Waals surface area contributed by atoms with E-state index in [0.29, 0.717) is 17.7 Å². The molecule has 0 saturated carbocycles. The van der Waals surface area contributed by atoms with Crippen LogP contribution in [0.4, 0.5) is 5.69 Å². The Bertz CT molecular complexity index is 899. The Morgan fingerprint density at radius 2 is 2.00 bits per heavy atom. The molecule has 0 fully saturated rings. The monoisotopic (exact) mass is 338 g/mol. The standard InChI is InChI=1S/C18H18N4OS/c1-13-6-5-7-14(12-13)17-20-21-18(24)22(17)11-10-16(23)19-15-8-3-2-4-9-15/h2-9,12H,10-11H2,1H3,(H,19,23)(H,21,24). The van der Waals surface area contributed by atoms with Crippen molar-refractivity contribution in [1.29, 1.82) is 0 Å². The zero-order valence-electron chi connectivity index (χ0n) is 13.3. The molecule has 1 heterocycles. The third-order valence-electron chi connectivity index (χ3n) is 3.65. The lowest BCUT2D eigenvalue weighted by atomic mass is 10.1. The molecule has 0 aliphatic heterocycles. The van der Waals surface area contributed by atoms with Gasteiger partial charge < -0.3 is 5.32 Å². The average molecular weight is 338 g/mol. The number of rotatable bonds is 5. The number of anilines is 1. The van der Waals surface area contributed by atoms with Crippen LogP contribution in [0.2, 0.25) is 0 Å². The summed E-state index contributed by atoms with van der Waals surface area (Å²) in [6.45, 7) is 2.50. The summed E-state index contributed by atoms with van der Waals surface area (Å²) in [5.74, 6) is 0.690. The molecule has 3 rings (SSSR count). The number of H-pyrrole nitrogens is 1. The molecule has 1 aromatic heterocycles. The van der Waals surface area contributed by atoms with Gasteiger partial charge in [0.2, 0.25) is 5.91 Å². The largest absolute Gasteiger partial charge is 0.326 e. The van der Waals surface area contributed by atoms with Crippen molar-refractivity contribution in [2.75, 3.05) is 5.32 Å². The molecule has 0 unspecified atom stereocenters. The van der Waals surface area contributed by atoms with Crippen molar-refractivity contribution < 1.29 is 4.79 Å². The Morgan fingerprint density at radius 3 is 2.75 bits per heavy atom. The molecule has 0 aliphatic carbocycles. The third-order valence-corrected chi connectivity index (χ3v) is 3.97. The van der Waals surface area contributed by atoms with Gasteiger partial charge >= 0.3 is 0 Å². The predicted molar refractivity (Wildman–Crippen MR) is 97.3 cm³/mol. The van der Waals surface area contributed by atoms with Crippen LogP contribution in [0.3, 0.4) is 0 Å². The van der Waals surface area contributed by atoms with E-state index in [1.165, 1.54) is 0 Å². The first kappa shape index (κ1) is 16.1. The summed E-state index contributed by atoms with van der Waals surface area (Å²) in [7, 11) is 0. The fourth-order valence-corrected chi connectivity index (χ4v) is 2.71. The van der Waals surface area contributed by atoms with Gasteiger partial charge in [-0.25, -0.2) is 0 Å². The summed E-state index contributed by atoms with van der Waals surface area (Å²) in [4.78, 5) is 12.1. The summed E-state index contributed by atoms with van der Waals surface area (Å²) in [5.41, 5.74) is 2.91. The Labute approximate surface area is 145 Å². The first-order valence-electron chi connectivity index (χ1n) is 7.70. The van der Waals surface area contributed by atoms with Crippen LogP contribution in [0, 0.1) is 11.7 Å². The van der Waals surface area contributed by atoms with E-state index in [-0.39, 0.29) is 5.91 Å². The molecule has 2 N–H and O–H groups in total. The molecule has 5 nitrogen and oxygen atoms in total. The van der Waals surface area contributed by atoms with Crippen molar-refractivity contribution in [3.8, 4) is 11.4 Å². The highest BCUT2D eigenvalue weighted by Crippen LogP contribution is 2.19. The van der Waals surface area contributed by atoms with Crippen molar-refractivity contribution in [3.05, 3.63) is 64.9 Å². The lowest BCUT2D eigenvalue weighted by molar-refractivity contribution is -0.116. The smallest absolute Gasteiger partial charge is 0.226 e. The zero-order valence-corrected chi connectivity index (χ0v) is 14.1. The molecule has 1 amide bonds. The number of para-hydroxylation sites is 1. The number of hydrogen-bond acceptors (Lipinski definition) is 3. The van der Waals surface area contributed by atoms with Crippen molar-refractivity contribution in [1.82, 2.24) is 14.8 Å². The number of benzene rings is 2. The minimum absolute atomic E-state index is 0.0560. The molecule has 3 aromatic rings. The Balaban J connectivity index is 1.73. The Kier molecular flexibility index (Phi) is 4.86. The van der Waals surface area contributed by atoms with E-state index in [4.69, 9.17) is 12.2 Å². The molecule has 0 saturated heterocycles. The van der Waals surface area contributed by atoms with Crippen LogP contribution in [0.5, 0.6) is 0 Å². The van der Waals surface area contributed by atoms with Crippen LogP contribution >= 0.6 is 12.2 Å². The molecular formula is C18H18N4OS. The van der Waals surface area contributed by atoms with Crippen molar-refractivity contribution >= 4 is 23.8 Å². The number of carbonyl (C=O) groups excluding carboxylic acids is 1. The third kappa shape index (κ3) is 3.78. The molecule has 2 aromatic carbocycles. The quantitative estimate of drug-likeness (QED) is 0.693. The van der Waals surface area contributed by atoms with Gasteiger partial charge in [-0.15, -0.1) is 0 Å². The maximum absolute atomic E-state index is 12.1. The maximum atomic E-state index is 12.1. The van der Waals surface area contributed by atoms with Gasteiger partial charge in [-0.3, -0.25) is 14.5 Å². The molecule has 122 valence electrons. The van der Waals surface area contributed by atoms with Crippen LogP contribution in [0.15, 0.2) is 54.6 Å². The van der Waals surface area contributed by atoms with Crippen molar-refractivity contribution in [3.63, 3.8) is 0 Å². The number of carbonyl (C=O) groups is 1. The SMILES string of the molecule is Cc1cccc(-c2n[nH]c(=S)n2CCC(=O)Nc2ccccc2)c1. The summed E-state index contributed by atoms with van der Waals surface area (Å²) in [5, 5.41) is 9.99. The highest BCUT2D eigenvalue weighted by molar-refractivity contribution is 7.71. The Hall–Kier alpha value is -2.73. The molecule has 0 bridgehead atoms. The number of aromatic amines is 1. The fourth-order valence-electron chi connectivity index (χ4n) is 2.49. The summed E-state index contributed by atoms with van der Waals surface area (Å²) < 4.78 is 2.37. The molecule has 0 atom stereocenters. The molecule has 0 radical (unpaired) electrons. The molecular weight excluding hydrogens is 320 g/mol. The summed E-state index contributed by atoms with van der Waals surface area (Å²) in [6.07, 6.45) is 0.321. The highest BCUT2D eigenvalue weighted by atomic mass is 32.1. The van der Waals surface area contributed by atoms with E-state index in [1.807, 2.05) is 66.1 Å². The van der Waals surface area contributed by atoms with Gasteiger partial charge in [-0.05, 0) is 37.3 Å². The topological polar surface area (TPSA) is 62.7 Å². The molecule has 24 heavy (non-hydrogen) atoms. The number of amides is 1. The van der Waals surface area contributed by atoms with Crippen LogP contribution in [-0.4, -0.2) is 20.7 Å². The van der Waals surface area contributed by atoms with Crippen molar-refractivity contribution in [2.45, 2.75) is 19.9 Å². The fraction of sp³-hybridized carbons (Fsp3) is 0.167. The second-order valence-corrected chi connectivity index (χ2v) is 5.92. The van der Waals surface area contributed by atoms with Crippen LogP contribution in [0.1, 0.15) is 12.0 Å². The van der Waals surface area contributed by atoms with E-state index < -0.39 is 0 Å². The van der Waals surface area contributed by atoms with Crippen LogP contribution < -0.4 is 5.32 Å². The number of aromatic nitrogens is 3. The average Bonchev–Trinajstić information content (AvgIpc) is 2.95.